The predicted octanol–water partition coefficient (Wildman–Crippen LogP) is 1.99. The number of pyridine rings is 1. The minimum atomic E-state index is -0.164. The second kappa shape index (κ2) is 9.11. The minimum Gasteiger partial charge on any atom is -0.355 e. The highest BCUT2D eigenvalue weighted by Gasteiger charge is 2.29. The Hall–Kier alpha value is -3.21. The lowest BCUT2D eigenvalue weighted by Gasteiger charge is -2.32. The van der Waals surface area contributed by atoms with Gasteiger partial charge in [-0.25, -0.2) is 0 Å². The van der Waals surface area contributed by atoms with E-state index < -0.39 is 0 Å². The number of amides is 1. The van der Waals surface area contributed by atoms with Crippen molar-refractivity contribution in [2.24, 2.45) is 5.92 Å². The van der Waals surface area contributed by atoms with Gasteiger partial charge in [-0.3, -0.25) is 9.20 Å². The second-order valence-corrected chi connectivity index (χ2v) is 8.90. The smallest absolute Gasteiger partial charge is 0.223 e. The highest BCUT2D eigenvalue weighted by molar-refractivity contribution is 7.98. The molecule has 10 nitrogen and oxygen atoms in total. The molecule has 0 radical (unpaired) electrons. The van der Waals surface area contributed by atoms with Gasteiger partial charge in [-0.2, -0.15) is 16.3 Å². The number of fused-ring (bicyclic) bond motifs is 2. The van der Waals surface area contributed by atoms with Crippen LogP contribution in [0.5, 0.6) is 0 Å². The van der Waals surface area contributed by atoms with E-state index in [1.807, 2.05) is 40.9 Å². The van der Waals surface area contributed by atoms with E-state index in [1.165, 1.54) is 0 Å². The molecule has 1 aliphatic rings. The number of hydrogen-bond donors (Lipinski definition) is 1. The zero-order valence-electron chi connectivity index (χ0n) is 17.8. The average Bonchev–Trinajstić information content (AvgIpc) is 3.48. The van der Waals surface area contributed by atoms with Gasteiger partial charge >= 0.3 is 0 Å². The number of piperidine rings is 1. The van der Waals surface area contributed by atoms with Crippen LogP contribution in [0.1, 0.15) is 31.1 Å². The Labute approximate surface area is 189 Å². The van der Waals surface area contributed by atoms with Crippen LogP contribution in [-0.2, 0) is 4.79 Å². The minimum absolute atomic E-state index is 0.0270. The summed E-state index contributed by atoms with van der Waals surface area (Å²) in [6, 6.07) is 9.52. The third-order valence-corrected chi connectivity index (χ3v) is 6.56. The Bertz CT molecular complexity index is 1210. The van der Waals surface area contributed by atoms with Gasteiger partial charge in [-0.1, -0.05) is 6.07 Å². The predicted molar refractivity (Wildman–Crippen MR) is 123 cm³/mol. The van der Waals surface area contributed by atoms with Crippen molar-refractivity contribution in [3.05, 3.63) is 48.7 Å². The normalized spacial score (nSPS) is 16.0. The van der Waals surface area contributed by atoms with Gasteiger partial charge in [0.25, 0.3) is 0 Å². The van der Waals surface area contributed by atoms with Crippen LogP contribution in [-0.4, -0.2) is 65.4 Å². The molecule has 4 aromatic heterocycles. The summed E-state index contributed by atoms with van der Waals surface area (Å²) < 4.78 is 3.63. The van der Waals surface area contributed by atoms with Crippen LogP contribution in [0.2, 0.25) is 0 Å². The first-order chi connectivity index (χ1) is 15.7. The van der Waals surface area contributed by atoms with Crippen molar-refractivity contribution in [1.29, 1.82) is 0 Å². The number of hydrogen-bond acceptors (Lipinski definition) is 8. The molecule has 5 heterocycles. The SMILES string of the molecule is CSCCC(NC(=O)C1CCN(c2ccc3nncn3n2)CC1)c1nnc2ccccn12. The quantitative estimate of drug-likeness (QED) is 0.455. The van der Waals surface area contributed by atoms with Crippen LogP contribution >= 0.6 is 11.8 Å². The monoisotopic (exact) mass is 451 g/mol. The van der Waals surface area contributed by atoms with Crippen molar-refractivity contribution in [2.45, 2.75) is 25.3 Å². The van der Waals surface area contributed by atoms with Crippen molar-refractivity contribution in [1.82, 2.24) is 39.7 Å². The maximum atomic E-state index is 13.2. The summed E-state index contributed by atoms with van der Waals surface area (Å²) >= 11 is 1.76. The summed E-state index contributed by atoms with van der Waals surface area (Å²) in [5.41, 5.74) is 1.51. The fourth-order valence-corrected chi connectivity index (χ4v) is 4.62. The van der Waals surface area contributed by atoms with E-state index in [0.717, 1.165) is 61.0 Å². The Morgan fingerprint density at radius 2 is 2.03 bits per heavy atom. The first kappa shape index (κ1) is 20.7. The van der Waals surface area contributed by atoms with Crippen LogP contribution in [0.15, 0.2) is 42.9 Å². The van der Waals surface area contributed by atoms with Gasteiger partial charge in [0.1, 0.15) is 12.1 Å². The third-order valence-electron chi connectivity index (χ3n) is 5.92. The lowest BCUT2D eigenvalue weighted by Crippen LogP contribution is -2.42. The molecule has 1 unspecified atom stereocenters. The molecule has 1 N–H and O–H groups in total. The largest absolute Gasteiger partial charge is 0.355 e. The van der Waals surface area contributed by atoms with Crippen LogP contribution in [0.25, 0.3) is 11.3 Å². The molecule has 1 fully saturated rings. The molecule has 1 saturated heterocycles. The summed E-state index contributed by atoms with van der Waals surface area (Å²) in [4.78, 5) is 15.4. The van der Waals surface area contributed by atoms with Crippen molar-refractivity contribution >= 4 is 34.8 Å². The van der Waals surface area contributed by atoms with E-state index in [0.29, 0.717) is 0 Å². The number of rotatable bonds is 7. The fraction of sp³-hybridized carbons (Fsp3) is 0.429. The Balaban J connectivity index is 1.25. The standard InChI is InChI=1S/C21H25N9OS/c1-32-13-9-16(20-26-25-17-4-2-3-10-29(17)20)23-21(31)15-7-11-28(12-8-15)19-6-5-18-24-22-14-30(18)27-19/h2-6,10,14-16H,7-9,11-13H2,1H3,(H,23,31). The van der Waals surface area contributed by atoms with Crippen LogP contribution in [0.3, 0.4) is 0 Å². The highest BCUT2D eigenvalue weighted by atomic mass is 32.2. The maximum absolute atomic E-state index is 13.2. The van der Waals surface area contributed by atoms with Gasteiger partial charge in [-0.05, 0) is 55.5 Å². The van der Waals surface area contributed by atoms with Gasteiger partial charge in [0.05, 0.1) is 6.04 Å². The summed E-state index contributed by atoms with van der Waals surface area (Å²) in [5.74, 6) is 2.66. The Morgan fingerprint density at radius 1 is 1.16 bits per heavy atom. The van der Waals surface area contributed by atoms with Gasteiger partial charge < -0.3 is 10.2 Å². The lowest BCUT2D eigenvalue weighted by molar-refractivity contribution is -0.126. The van der Waals surface area contributed by atoms with Crippen LogP contribution < -0.4 is 10.2 Å². The molecule has 1 atom stereocenters. The van der Waals surface area contributed by atoms with Crippen molar-refractivity contribution in [2.75, 3.05) is 30.0 Å². The van der Waals surface area contributed by atoms with Crippen molar-refractivity contribution in [3.63, 3.8) is 0 Å². The molecule has 166 valence electrons. The van der Waals surface area contributed by atoms with Gasteiger partial charge in [0.15, 0.2) is 17.1 Å². The summed E-state index contributed by atoms with van der Waals surface area (Å²) in [5, 5.41) is 24.3. The number of aromatic nitrogens is 7. The first-order valence-electron chi connectivity index (χ1n) is 10.7. The molecular formula is C21H25N9OS. The van der Waals surface area contributed by atoms with Gasteiger partial charge in [0.2, 0.25) is 5.91 Å². The van der Waals surface area contributed by atoms with E-state index in [2.05, 4.69) is 42.0 Å². The number of thioether (sulfide) groups is 1. The maximum Gasteiger partial charge on any atom is 0.223 e. The highest BCUT2D eigenvalue weighted by Crippen LogP contribution is 2.24. The molecule has 0 spiro atoms. The number of nitrogens with zero attached hydrogens (tertiary/aromatic N) is 8. The lowest BCUT2D eigenvalue weighted by atomic mass is 9.95. The van der Waals surface area contributed by atoms with E-state index in [4.69, 9.17) is 0 Å². The van der Waals surface area contributed by atoms with E-state index >= 15 is 0 Å². The molecule has 32 heavy (non-hydrogen) atoms. The molecular weight excluding hydrogens is 426 g/mol. The summed E-state index contributed by atoms with van der Waals surface area (Å²) in [6.45, 7) is 1.56. The molecule has 0 saturated carbocycles. The molecule has 4 aromatic rings. The summed E-state index contributed by atoms with van der Waals surface area (Å²) in [6.07, 6.45) is 7.99. The molecule has 1 amide bonds. The van der Waals surface area contributed by atoms with Crippen molar-refractivity contribution in [3.8, 4) is 0 Å². The molecule has 1 aliphatic heterocycles. The zero-order chi connectivity index (χ0) is 21.9. The summed E-state index contributed by atoms with van der Waals surface area (Å²) in [7, 11) is 0. The topological polar surface area (TPSA) is 106 Å². The molecule has 0 aromatic carbocycles. The molecule has 5 rings (SSSR count). The Morgan fingerprint density at radius 3 is 2.88 bits per heavy atom. The third kappa shape index (κ3) is 4.12. The van der Waals surface area contributed by atoms with Gasteiger partial charge in [0, 0.05) is 25.2 Å². The zero-order valence-corrected chi connectivity index (χ0v) is 18.6. The molecule has 0 bridgehead atoms. The van der Waals surface area contributed by atoms with Crippen LogP contribution in [0, 0.1) is 5.92 Å². The Kier molecular flexibility index (Phi) is 5.89. The second-order valence-electron chi connectivity index (χ2n) is 7.92. The van der Waals surface area contributed by atoms with Crippen LogP contribution in [0.4, 0.5) is 5.82 Å². The van der Waals surface area contributed by atoms with E-state index in [-0.39, 0.29) is 17.9 Å². The number of nitrogens with one attached hydrogen (secondary N) is 1. The van der Waals surface area contributed by atoms with Crippen molar-refractivity contribution < 1.29 is 4.79 Å². The molecule has 11 heteroatoms. The average molecular weight is 452 g/mol. The molecule has 0 aliphatic carbocycles. The van der Waals surface area contributed by atoms with E-state index in [1.54, 1.807) is 22.6 Å². The fourth-order valence-electron chi connectivity index (χ4n) is 4.15. The van der Waals surface area contributed by atoms with E-state index in [9.17, 15) is 4.79 Å². The number of carbonyl (C=O) groups is 1. The number of anilines is 1. The van der Waals surface area contributed by atoms with Gasteiger partial charge in [-0.15, -0.1) is 25.5 Å². The first-order valence-corrected chi connectivity index (χ1v) is 12.1. The number of carbonyl (C=O) groups excluding carboxylic acids is 1.